The molecular weight excluding hydrogens is 288 g/mol. The molecule has 0 aliphatic rings. The third kappa shape index (κ3) is 6.74. The smallest absolute Gasteiger partial charge is 0.303 e. The van der Waals surface area contributed by atoms with Gasteiger partial charge in [0.1, 0.15) is 11.8 Å². The summed E-state index contributed by atoms with van der Waals surface area (Å²) >= 11 is 0. The Labute approximate surface area is 128 Å². The number of phenolic OH excluding ortho intramolecular Hbond substituents is 1. The van der Waals surface area contributed by atoms with Crippen molar-refractivity contribution in [2.75, 3.05) is 6.54 Å². The summed E-state index contributed by atoms with van der Waals surface area (Å²) < 4.78 is 0. The highest BCUT2D eigenvalue weighted by atomic mass is 16.4. The number of hydrogen-bond donors (Lipinski definition) is 4. The molecule has 0 aromatic heterocycles. The Bertz CT molecular complexity index is 527. The van der Waals surface area contributed by atoms with Crippen LogP contribution in [0.15, 0.2) is 24.3 Å². The van der Waals surface area contributed by atoms with Crippen LogP contribution in [0.1, 0.15) is 25.3 Å². The molecule has 1 aromatic rings. The van der Waals surface area contributed by atoms with Crippen molar-refractivity contribution in [2.45, 2.75) is 32.2 Å². The van der Waals surface area contributed by atoms with E-state index in [0.717, 1.165) is 5.56 Å². The van der Waals surface area contributed by atoms with Crippen molar-refractivity contribution in [3.8, 4) is 5.75 Å². The number of rotatable bonds is 8. The number of amides is 2. The first kappa shape index (κ1) is 17.5. The Morgan fingerprint density at radius 3 is 2.36 bits per heavy atom. The molecule has 0 heterocycles. The van der Waals surface area contributed by atoms with Crippen molar-refractivity contribution in [1.29, 1.82) is 0 Å². The normalized spacial score (nSPS) is 11.5. The van der Waals surface area contributed by atoms with E-state index in [4.69, 9.17) is 5.11 Å². The van der Waals surface area contributed by atoms with Crippen molar-refractivity contribution in [3.63, 3.8) is 0 Å². The number of carbonyl (C=O) groups is 3. The van der Waals surface area contributed by atoms with E-state index in [0.29, 0.717) is 13.0 Å². The fraction of sp³-hybridized carbons (Fsp3) is 0.400. The van der Waals surface area contributed by atoms with Crippen molar-refractivity contribution >= 4 is 17.8 Å². The number of carboxylic acids is 1. The molecule has 120 valence electrons. The van der Waals surface area contributed by atoms with Gasteiger partial charge in [-0.3, -0.25) is 14.4 Å². The lowest BCUT2D eigenvalue weighted by Gasteiger charge is -2.16. The number of carboxylic acid groups (broad SMARTS) is 1. The maximum Gasteiger partial charge on any atom is 0.303 e. The van der Waals surface area contributed by atoms with Gasteiger partial charge in [-0.1, -0.05) is 12.1 Å². The summed E-state index contributed by atoms with van der Waals surface area (Å²) in [6.45, 7) is 1.63. The Balaban J connectivity index is 2.45. The standard InChI is InChI=1S/C15H20N2O5/c1-10(18)17-13(6-7-14(20)21)15(22)16-9-8-11-2-4-12(19)5-3-11/h2-5,13,19H,6-9H2,1H3,(H,16,22)(H,17,18)(H,20,21). The maximum absolute atomic E-state index is 12.0. The topological polar surface area (TPSA) is 116 Å². The summed E-state index contributed by atoms with van der Waals surface area (Å²) in [5, 5.41) is 22.9. The summed E-state index contributed by atoms with van der Waals surface area (Å²) in [6.07, 6.45) is 0.411. The fourth-order valence-electron chi connectivity index (χ4n) is 1.90. The third-order valence-electron chi connectivity index (χ3n) is 2.99. The van der Waals surface area contributed by atoms with Crippen LogP contribution in [0.3, 0.4) is 0 Å². The molecule has 1 rings (SSSR count). The van der Waals surface area contributed by atoms with E-state index >= 15 is 0 Å². The summed E-state index contributed by atoms with van der Waals surface area (Å²) in [5.41, 5.74) is 0.944. The molecule has 0 saturated carbocycles. The van der Waals surface area contributed by atoms with Crippen LogP contribution in [0.5, 0.6) is 5.75 Å². The fourth-order valence-corrected chi connectivity index (χ4v) is 1.90. The Morgan fingerprint density at radius 2 is 1.82 bits per heavy atom. The predicted molar refractivity (Wildman–Crippen MR) is 79.3 cm³/mol. The van der Waals surface area contributed by atoms with E-state index in [9.17, 15) is 19.5 Å². The van der Waals surface area contributed by atoms with Gasteiger partial charge in [0.15, 0.2) is 0 Å². The average molecular weight is 308 g/mol. The molecule has 1 aromatic carbocycles. The summed E-state index contributed by atoms with van der Waals surface area (Å²) in [5.74, 6) is -1.64. The molecule has 0 radical (unpaired) electrons. The van der Waals surface area contributed by atoms with Crippen LogP contribution >= 0.6 is 0 Å². The van der Waals surface area contributed by atoms with Crippen molar-refractivity contribution in [1.82, 2.24) is 10.6 Å². The predicted octanol–water partition coefficient (Wildman–Crippen LogP) is 0.420. The van der Waals surface area contributed by atoms with E-state index < -0.39 is 17.9 Å². The minimum absolute atomic E-state index is 0.0416. The van der Waals surface area contributed by atoms with Crippen molar-refractivity contribution < 1.29 is 24.6 Å². The monoisotopic (exact) mass is 308 g/mol. The average Bonchev–Trinajstić information content (AvgIpc) is 2.45. The number of aliphatic carboxylic acids is 1. The second-order valence-electron chi connectivity index (χ2n) is 4.89. The van der Waals surface area contributed by atoms with Gasteiger partial charge in [0.25, 0.3) is 0 Å². The van der Waals surface area contributed by atoms with Gasteiger partial charge in [-0.2, -0.15) is 0 Å². The van der Waals surface area contributed by atoms with E-state index in [1.165, 1.54) is 6.92 Å². The molecule has 0 bridgehead atoms. The van der Waals surface area contributed by atoms with Crippen LogP contribution in [-0.4, -0.2) is 40.6 Å². The first-order valence-electron chi connectivity index (χ1n) is 6.93. The molecule has 22 heavy (non-hydrogen) atoms. The van der Waals surface area contributed by atoms with Gasteiger partial charge in [-0.05, 0) is 30.5 Å². The number of nitrogens with one attached hydrogen (secondary N) is 2. The second kappa shape index (κ2) is 8.66. The first-order valence-corrected chi connectivity index (χ1v) is 6.93. The minimum Gasteiger partial charge on any atom is -0.508 e. The van der Waals surface area contributed by atoms with Crippen LogP contribution in [0.25, 0.3) is 0 Å². The molecule has 0 aliphatic carbocycles. The minimum atomic E-state index is -1.02. The molecular formula is C15H20N2O5. The van der Waals surface area contributed by atoms with Gasteiger partial charge in [-0.15, -0.1) is 0 Å². The molecule has 1 unspecified atom stereocenters. The van der Waals surface area contributed by atoms with Gasteiger partial charge >= 0.3 is 5.97 Å². The molecule has 7 heteroatoms. The molecule has 1 atom stereocenters. The summed E-state index contributed by atoms with van der Waals surface area (Å²) in [6, 6.07) is 5.76. The van der Waals surface area contributed by atoms with E-state index in [2.05, 4.69) is 10.6 Å². The molecule has 0 spiro atoms. The lowest BCUT2D eigenvalue weighted by Crippen LogP contribution is -2.46. The maximum atomic E-state index is 12.0. The molecule has 0 fully saturated rings. The zero-order valence-electron chi connectivity index (χ0n) is 12.3. The van der Waals surface area contributed by atoms with E-state index in [1.54, 1.807) is 24.3 Å². The number of phenols is 1. The zero-order valence-corrected chi connectivity index (χ0v) is 12.3. The van der Waals surface area contributed by atoms with Crippen LogP contribution in [0.4, 0.5) is 0 Å². The van der Waals surface area contributed by atoms with Gasteiger partial charge in [0, 0.05) is 19.9 Å². The zero-order chi connectivity index (χ0) is 16.5. The highest BCUT2D eigenvalue weighted by Gasteiger charge is 2.19. The lowest BCUT2D eigenvalue weighted by atomic mass is 10.1. The summed E-state index contributed by atoms with van der Waals surface area (Å²) in [7, 11) is 0. The third-order valence-corrected chi connectivity index (χ3v) is 2.99. The highest BCUT2D eigenvalue weighted by Crippen LogP contribution is 2.09. The molecule has 7 nitrogen and oxygen atoms in total. The SMILES string of the molecule is CC(=O)NC(CCC(=O)O)C(=O)NCCc1ccc(O)cc1. The quantitative estimate of drug-likeness (QED) is 0.555. The van der Waals surface area contributed by atoms with Crippen LogP contribution in [0, 0.1) is 0 Å². The molecule has 2 amide bonds. The Kier molecular flexibility index (Phi) is 6.88. The number of benzene rings is 1. The molecule has 0 aliphatic heterocycles. The molecule has 0 saturated heterocycles. The van der Waals surface area contributed by atoms with E-state index in [-0.39, 0.29) is 24.5 Å². The molecule has 4 N–H and O–H groups in total. The van der Waals surface area contributed by atoms with E-state index in [1.807, 2.05) is 0 Å². The first-order chi connectivity index (χ1) is 10.4. The lowest BCUT2D eigenvalue weighted by molar-refractivity contribution is -0.137. The Hall–Kier alpha value is -2.57. The van der Waals surface area contributed by atoms with Gasteiger partial charge < -0.3 is 20.8 Å². The number of carbonyl (C=O) groups excluding carboxylic acids is 2. The van der Waals surface area contributed by atoms with Gasteiger partial charge in [-0.25, -0.2) is 0 Å². The second-order valence-corrected chi connectivity index (χ2v) is 4.89. The highest BCUT2D eigenvalue weighted by molar-refractivity contribution is 5.87. The summed E-state index contributed by atoms with van der Waals surface area (Å²) in [4.78, 5) is 33.6. The van der Waals surface area contributed by atoms with Gasteiger partial charge in [0.05, 0.1) is 0 Å². The van der Waals surface area contributed by atoms with Crippen molar-refractivity contribution in [3.05, 3.63) is 29.8 Å². The van der Waals surface area contributed by atoms with Crippen LogP contribution < -0.4 is 10.6 Å². The Morgan fingerprint density at radius 1 is 1.18 bits per heavy atom. The van der Waals surface area contributed by atoms with Crippen LogP contribution in [0.2, 0.25) is 0 Å². The largest absolute Gasteiger partial charge is 0.508 e. The number of aromatic hydroxyl groups is 1. The van der Waals surface area contributed by atoms with Crippen molar-refractivity contribution in [2.24, 2.45) is 0 Å². The van der Waals surface area contributed by atoms with Crippen LogP contribution in [-0.2, 0) is 20.8 Å². The number of hydrogen-bond acceptors (Lipinski definition) is 4. The van der Waals surface area contributed by atoms with Gasteiger partial charge in [0.2, 0.25) is 11.8 Å².